The van der Waals surface area contributed by atoms with Gasteiger partial charge in [-0.25, -0.2) is 0 Å². The second-order valence-electron chi connectivity index (χ2n) is 5.20. The number of cyclic esters (lactones) is 1. The summed E-state index contributed by atoms with van der Waals surface area (Å²) in [4.78, 5) is 45.8. The van der Waals surface area contributed by atoms with Crippen LogP contribution in [-0.4, -0.2) is 44.0 Å². The first-order chi connectivity index (χ1) is 10.5. The van der Waals surface area contributed by atoms with E-state index in [4.69, 9.17) is 4.74 Å². The van der Waals surface area contributed by atoms with Gasteiger partial charge in [-0.2, -0.15) is 0 Å². The van der Waals surface area contributed by atoms with Gasteiger partial charge in [-0.15, -0.1) is 0 Å². The van der Waals surface area contributed by atoms with Crippen LogP contribution < -0.4 is 0 Å². The maximum Gasteiger partial charge on any atom is 0.313 e. The Kier molecular flexibility index (Phi) is 7.56. The first-order valence-electron chi connectivity index (χ1n) is 7.36. The fourth-order valence-electron chi connectivity index (χ4n) is 2.37. The van der Waals surface area contributed by atoms with Gasteiger partial charge in [-0.1, -0.05) is 12.8 Å². The number of ketones is 1. The Bertz CT molecular complexity index is 430. The third-order valence-corrected chi connectivity index (χ3v) is 3.61. The molecule has 1 fully saturated rings. The molecule has 7 heteroatoms. The van der Waals surface area contributed by atoms with Gasteiger partial charge in [-0.3, -0.25) is 19.2 Å². The van der Waals surface area contributed by atoms with E-state index >= 15 is 0 Å². The molecule has 7 nitrogen and oxygen atoms in total. The van der Waals surface area contributed by atoms with Crippen LogP contribution >= 0.6 is 0 Å². The number of unbranched alkanes of at least 4 members (excludes halogenated alkanes) is 3. The summed E-state index contributed by atoms with van der Waals surface area (Å²) in [5.74, 6) is -2.47. The van der Waals surface area contributed by atoms with Crippen molar-refractivity contribution >= 4 is 23.7 Å². The third kappa shape index (κ3) is 5.46. The summed E-state index contributed by atoms with van der Waals surface area (Å²) < 4.78 is 14.1. The van der Waals surface area contributed by atoms with Crippen molar-refractivity contribution in [1.29, 1.82) is 0 Å². The maximum atomic E-state index is 12.0. The highest BCUT2D eigenvalue weighted by Crippen LogP contribution is 2.25. The van der Waals surface area contributed by atoms with Gasteiger partial charge in [0.25, 0.3) is 0 Å². The SMILES string of the molecule is COC(=O)CCCCCCC(=O)[C@@H]1OC(=O)C[C@@H]1C(=O)OC. The fraction of sp³-hybridized carbons (Fsp3) is 0.733. The zero-order valence-electron chi connectivity index (χ0n) is 13.0. The minimum absolute atomic E-state index is 0.109. The highest BCUT2D eigenvalue weighted by atomic mass is 16.6. The lowest BCUT2D eigenvalue weighted by Gasteiger charge is -2.14. The van der Waals surface area contributed by atoms with Crippen molar-refractivity contribution in [3.63, 3.8) is 0 Å². The Morgan fingerprint density at radius 2 is 1.68 bits per heavy atom. The summed E-state index contributed by atoms with van der Waals surface area (Å²) in [6.45, 7) is 0. The van der Waals surface area contributed by atoms with Gasteiger partial charge in [0, 0.05) is 12.8 Å². The van der Waals surface area contributed by atoms with Crippen LogP contribution in [0.2, 0.25) is 0 Å². The van der Waals surface area contributed by atoms with Crippen LogP contribution in [0.4, 0.5) is 0 Å². The smallest absolute Gasteiger partial charge is 0.313 e. The first kappa shape index (κ1) is 18.1. The second kappa shape index (κ2) is 9.17. The molecule has 124 valence electrons. The maximum absolute atomic E-state index is 12.0. The zero-order chi connectivity index (χ0) is 16.5. The Labute approximate surface area is 129 Å². The van der Waals surface area contributed by atoms with E-state index in [0.29, 0.717) is 19.3 Å². The van der Waals surface area contributed by atoms with E-state index in [1.54, 1.807) is 0 Å². The van der Waals surface area contributed by atoms with Crippen molar-refractivity contribution < 1.29 is 33.4 Å². The van der Waals surface area contributed by atoms with Crippen LogP contribution in [-0.2, 0) is 33.4 Å². The van der Waals surface area contributed by atoms with Gasteiger partial charge < -0.3 is 14.2 Å². The Hall–Kier alpha value is -1.92. The molecule has 1 saturated heterocycles. The van der Waals surface area contributed by atoms with Crippen molar-refractivity contribution in [2.45, 2.75) is 51.0 Å². The van der Waals surface area contributed by atoms with E-state index in [2.05, 4.69) is 9.47 Å². The molecule has 0 amide bonds. The van der Waals surface area contributed by atoms with Crippen LogP contribution in [0.5, 0.6) is 0 Å². The Balaban J connectivity index is 2.28. The lowest BCUT2D eigenvalue weighted by atomic mass is 9.95. The number of Topliss-reactive ketones (excluding diaryl/α,β-unsaturated/α-hetero) is 1. The number of hydrogen-bond donors (Lipinski definition) is 0. The second-order valence-corrected chi connectivity index (χ2v) is 5.20. The lowest BCUT2D eigenvalue weighted by Crippen LogP contribution is -2.32. The summed E-state index contributed by atoms with van der Waals surface area (Å²) in [6, 6.07) is 0. The topological polar surface area (TPSA) is 96.0 Å². The molecule has 22 heavy (non-hydrogen) atoms. The quantitative estimate of drug-likeness (QED) is 0.358. The molecule has 1 rings (SSSR count). The monoisotopic (exact) mass is 314 g/mol. The highest BCUT2D eigenvalue weighted by molar-refractivity contribution is 5.95. The molecule has 0 unspecified atom stereocenters. The summed E-state index contributed by atoms with van der Waals surface area (Å²) in [5.41, 5.74) is 0. The van der Waals surface area contributed by atoms with E-state index in [1.807, 2.05) is 0 Å². The number of esters is 3. The molecule has 0 saturated carbocycles. The predicted molar refractivity (Wildman–Crippen MR) is 74.7 cm³/mol. The number of ether oxygens (including phenoxy) is 3. The van der Waals surface area contributed by atoms with Gasteiger partial charge in [0.05, 0.1) is 20.6 Å². The Morgan fingerprint density at radius 1 is 1.05 bits per heavy atom. The molecular weight excluding hydrogens is 292 g/mol. The van der Waals surface area contributed by atoms with Crippen LogP contribution in [0.3, 0.4) is 0 Å². The molecular formula is C15H22O7. The minimum Gasteiger partial charge on any atom is -0.469 e. The minimum atomic E-state index is -1.02. The van der Waals surface area contributed by atoms with Crippen LogP contribution in [0.1, 0.15) is 44.9 Å². The molecule has 0 spiro atoms. The summed E-state index contributed by atoms with van der Waals surface area (Å²) in [5, 5.41) is 0. The molecule has 2 atom stereocenters. The predicted octanol–water partition coefficient (Wildman–Crippen LogP) is 1.17. The average Bonchev–Trinajstić information content (AvgIpc) is 2.91. The fourth-order valence-corrected chi connectivity index (χ4v) is 2.37. The van der Waals surface area contributed by atoms with E-state index in [9.17, 15) is 19.2 Å². The molecule has 1 aliphatic heterocycles. The van der Waals surface area contributed by atoms with E-state index < -0.39 is 24.0 Å². The molecule has 1 aliphatic rings. The van der Waals surface area contributed by atoms with Gasteiger partial charge in [0.1, 0.15) is 5.92 Å². The van der Waals surface area contributed by atoms with Gasteiger partial charge >= 0.3 is 17.9 Å². The number of rotatable bonds is 9. The summed E-state index contributed by atoms with van der Waals surface area (Å²) >= 11 is 0. The molecule has 0 radical (unpaired) electrons. The van der Waals surface area contributed by atoms with E-state index in [0.717, 1.165) is 12.8 Å². The average molecular weight is 314 g/mol. The molecule has 0 aromatic carbocycles. The molecule has 0 N–H and O–H groups in total. The summed E-state index contributed by atoms with van der Waals surface area (Å²) in [7, 11) is 2.57. The molecule has 0 bridgehead atoms. The van der Waals surface area contributed by atoms with E-state index in [-0.39, 0.29) is 24.6 Å². The van der Waals surface area contributed by atoms with Crippen LogP contribution in [0.15, 0.2) is 0 Å². The largest absolute Gasteiger partial charge is 0.469 e. The van der Waals surface area contributed by atoms with Crippen LogP contribution in [0, 0.1) is 5.92 Å². The number of hydrogen-bond acceptors (Lipinski definition) is 7. The van der Waals surface area contributed by atoms with Crippen LogP contribution in [0.25, 0.3) is 0 Å². The van der Waals surface area contributed by atoms with E-state index in [1.165, 1.54) is 14.2 Å². The standard InChI is InChI=1S/C15H22O7/c1-20-12(17)8-6-4-3-5-7-11(16)14-10(15(19)21-2)9-13(18)22-14/h10,14H,3-9H2,1-2H3/t10-,14+/m0/s1. The van der Waals surface area contributed by atoms with Crippen molar-refractivity contribution in [2.75, 3.05) is 14.2 Å². The third-order valence-electron chi connectivity index (χ3n) is 3.61. The Morgan fingerprint density at radius 3 is 2.27 bits per heavy atom. The van der Waals surface area contributed by atoms with Gasteiger partial charge in [0.15, 0.2) is 11.9 Å². The molecule has 0 aliphatic carbocycles. The lowest BCUT2D eigenvalue weighted by molar-refractivity contribution is -0.153. The van der Waals surface area contributed by atoms with Crippen molar-refractivity contribution in [2.24, 2.45) is 5.92 Å². The summed E-state index contributed by atoms with van der Waals surface area (Å²) in [6.07, 6.45) is 2.42. The molecule has 0 aromatic heterocycles. The number of methoxy groups -OCH3 is 2. The van der Waals surface area contributed by atoms with Crippen molar-refractivity contribution in [3.8, 4) is 0 Å². The van der Waals surface area contributed by atoms with Crippen molar-refractivity contribution in [1.82, 2.24) is 0 Å². The highest BCUT2D eigenvalue weighted by Gasteiger charge is 2.44. The van der Waals surface area contributed by atoms with Crippen molar-refractivity contribution in [3.05, 3.63) is 0 Å². The van der Waals surface area contributed by atoms with Gasteiger partial charge in [0.2, 0.25) is 0 Å². The number of carbonyl (C=O) groups is 4. The molecule has 0 aromatic rings. The zero-order valence-corrected chi connectivity index (χ0v) is 13.0. The normalized spacial score (nSPS) is 20.4. The number of carbonyl (C=O) groups excluding carboxylic acids is 4. The molecule has 1 heterocycles. The van der Waals surface area contributed by atoms with Gasteiger partial charge in [-0.05, 0) is 12.8 Å². The first-order valence-corrected chi connectivity index (χ1v) is 7.36.